The monoisotopic (exact) mass is 186 g/mol. The van der Waals surface area contributed by atoms with Crippen molar-refractivity contribution in [1.29, 1.82) is 5.41 Å². The Morgan fingerprint density at radius 1 is 1.38 bits per heavy atom. The van der Waals surface area contributed by atoms with Gasteiger partial charge < -0.3 is 10.5 Å². The minimum absolute atomic E-state index is 0.00375. The molecule has 13 heavy (non-hydrogen) atoms. The van der Waals surface area contributed by atoms with Gasteiger partial charge in [0.25, 0.3) is 0 Å². The molecule has 0 rings (SSSR count). The van der Waals surface area contributed by atoms with Crippen molar-refractivity contribution >= 4 is 5.84 Å². The molecule has 0 aromatic heterocycles. The van der Waals surface area contributed by atoms with Gasteiger partial charge in [0.15, 0.2) is 0 Å². The lowest BCUT2D eigenvalue weighted by molar-refractivity contribution is -0.0213. The predicted octanol–water partition coefficient (Wildman–Crippen LogP) is 2.30. The summed E-state index contributed by atoms with van der Waals surface area (Å²) in [4.78, 5) is 0. The average molecular weight is 186 g/mol. The Bertz CT molecular complexity index is 155. The summed E-state index contributed by atoms with van der Waals surface area (Å²) in [5.74, 6) is 0.273. The molecule has 0 heterocycles. The van der Waals surface area contributed by atoms with Gasteiger partial charge in [0.05, 0.1) is 11.4 Å². The SMILES string of the molecule is CCC(C)(C)OCCCCC(=N)N. The smallest absolute Gasteiger partial charge is 0.0905 e. The summed E-state index contributed by atoms with van der Waals surface area (Å²) in [6, 6.07) is 0. The molecule has 78 valence electrons. The van der Waals surface area contributed by atoms with E-state index in [0.29, 0.717) is 6.42 Å². The Hall–Kier alpha value is -0.570. The number of amidine groups is 1. The molecule has 0 radical (unpaired) electrons. The number of rotatable bonds is 7. The van der Waals surface area contributed by atoms with Gasteiger partial charge in [-0.2, -0.15) is 0 Å². The van der Waals surface area contributed by atoms with Crippen LogP contribution in [0.5, 0.6) is 0 Å². The molecule has 0 atom stereocenters. The van der Waals surface area contributed by atoms with Crippen LogP contribution in [0.4, 0.5) is 0 Å². The van der Waals surface area contributed by atoms with E-state index in [1.165, 1.54) is 0 Å². The molecule has 0 unspecified atom stereocenters. The molecule has 0 aliphatic carbocycles. The Morgan fingerprint density at radius 2 is 2.00 bits per heavy atom. The van der Waals surface area contributed by atoms with Gasteiger partial charge in [0.1, 0.15) is 0 Å². The fourth-order valence-electron chi connectivity index (χ4n) is 0.868. The maximum atomic E-state index is 7.03. The number of hydrogen-bond donors (Lipinski definition) is 2. The highest BCUT2D eigenvalue weighted by Gasteiger charge is 2.14. The molecule has 0 spiro atoms. The number of nitrogens with two attached hydrogens (primary N) is 1. The van der Waals surface area contributed by atoms with Crippen LogP contribution < -0.4 is 5.73 Å². The van der Waals surface area contributed by atoms with Crippen LogP contribution in [0.3, 0.4) is 0 Å². The summed E-state index contributed by atoms with van der Waals surface area (Å²) in [5, 5.41) is 7.03. The standard InChI is InChI=1S/C10H22N2O/c1-4-10(2,3)13-8-6-5-7-9(11)12/h4-8H2,1-3H3,(H3,11,12). The van der Waals surface area contributed by atoms with Crippen LogP contribution in [0.2, 0.25) is 0 Å². The minimum Gasteiger partial charge on any atom is -0.388 e. The third kappa shape index (κ3) is 7.78. The van der Waals surface area contributed by atoms with Crippen molar-refractivity contribution in [3.05, 3.63) is 0 Å². The first-order valence-electron chi connectivity index (χ1n) is 4.95. The lowest BCUT2D eigenvalue weighted by atomic mass is 10.1. The maximum absolute atomic E-state index is 7.03. The third-order valence-electron chi connectivity index (χ3n) is 2.18. The fraction of sp³-hybridized carbons (Fsp3) is 0.900. The van der Waals surface area contributed by atoms with E-state index in [9.17, 15) is 0 Å². The number of unbranched alkanes of at least 4 members (excludes halogenated alkanes) is 1. The van der Waals surface area contributed by atoms with Crippen molar-refractivity contribution in [2.75, 3.05) is 6.61 Å². The highest BCUT2D eigenvalue weighted by atomic mass is 16.5. The molecule has 0 aliphatic heterocycles. The van der Waals surface area contributed by atoms with Crippen molar-refractivity contribution in [2.24, 2.45) is 5.73 Å². The first-order chi connectivity index (χ1) is 5.98. The van der Waals surface area contributed by atoms with E-state index in [1.807, 2.05) is 0 Å². The molecule has 0 fully saturated rings. The molecule has 3 nitrogen and oxygen atoms in total. The predicted molar refractivity (Wildman–Crippen MR) is 56.1 cm³/mol. The van der Waals surface area contributed by atoms with Crippen LogP contribution >= 0.6 is 0 Å². The summed E-state index contributed by atoms with van der Waals surface area (Å²) in [6.07, 6.45) is 3.66. The van der Waals surface area contributed by atoms with Crippen LogP contribution in [0.15, 0.2) is 0 Å². The van der Waals surface area contributed by atoms with Gasteiger partial charge in [-0.1, -0.05) is 6.92 Å². The molecule has 0 aromatic carbocycles. The lowest BCUT2D eigenvalue weighted by Gasteiger charge is -2.23. The van der Waals surface area contributed by atoms with E-state index in [2.05, 4.69) is 20.8 Å². The van der Waals surface area contributed by atoms with E-state index < -0.39 is 0 Å². The number of ether oxygens (including phenoxy) is 1. The van der Waals surface area contributed by atoms with Crippen molar-refractivity contribution in [1.82, 2.24) is 0 Å². The van der Waals surface area contributed by atoms with Crippen LogP contribution in [-0.4, -0.2) is 18.0 Å². The largest absolute Gasteiger partial charge is 0.388 e. The zero-order chi connectivity index (χ0) is 10.3. The Kier molecular flexibility index (Phi) is 5.71. The van der Waals surface area contributed by atoms with Crippen LogP contribution in [0.1, 0.15) is 46.5 Å². The van der Waals surface area contributed by atoms with Crippen LogP contribution in [-0.2, 0) is 4.74 Å². The summed E-state index contributed by atoms with van der Waals surface area (Å²) >= 11 is 0. The third-order valence-corrected chi connectivity index (χ3v) is 2.18. The van der Waals surface area contributed by atoms with Crippen molar-refractivity contribution in [3.63, 3.8) is 0 Å². The van der Waals surface area contributed by atoms with Crippen molar-refractivity contribution in [3.8, 4) is 0 Å². The summed E-state index contributed by atoms with van der Waals surface area (Å²) in [6.45, 7) is 7.08. The molecular weight excluding hydrogens is 164 g/mol. The van der Waals surface area contributed by atoms with Gasteiger partial charge in [-0.05, 0) is 33.1 Å². The van der Waals surface area contributed by atoms with E-state index in [0.717, 1.165) is 25.9 Å². The van der Waals surface area contributed by atoms with Crippen molar-refractivity contribution < 1.29 is 4.74 Å². The molecule has 0 bridgehead atoms. The quantitative estimate of drug-likeness (QED) is 0.364. The number of nitrogens with one attached hydrogen (secondary N) is 1. The second-order valence-corrected chi connectivity index (χ2v) is 3.94. The van der Waals surface area contributed by atoms with Gasteiger partial charge in [-0.15, -0.1) is 0 Å². The summed E-state index contributed by atoms with van der Waals surface area (Å²) in [5.41, 5.74) is 5.23. The molecular formula is C10H22N2O. The van der Waals surface area contributed by atoms with Gasteiger partial charge in [-0.25, -0.2) is 0 Å². The van der Waals surface area contributed by atoms with Crippen LogP contribution in [0, 0.1) is 5.41 Å². The fourth-order valence-corrected chi connectivity index (χ4v) is 0.868. The maximum Gasteiger partial charge on any atom is 0.0905 e. The van der Waals surface area contributed by atoms with Crippen LogP contribution in [0.25, 0.3) is 0 Å². The highest BCUT2D eigenvalue weighted by molar-refractivity contribution is 5.76. The van der Waals surface area contributed by atoms with Gasteiger partial charge in [0, 0.05) is 13.0 Å². The first-order valence-corrected chi connectivity index (χ1v) is 4.95. The molecule has 0 aliphatic rings. The Balaban J connectivity index is 3.30. The minimum atomic E-state index is -0.00375. The molecule has 0 saturated heterocycles. The summed E-state index contributed by atoms with van der Waals surface area (Å²) in [7, 11) is 0. The molecule has 3 heteroatoms. The second-order valence-electron chi connectivity index (χ2n) is 3.94. The van der Waals surface area contributed by atoms with Gasteiger partial charge in [-0.3, -0.25) is 5.41 Å². The zero-order valence-electron chi connectivity index (χ0n) is 9.02. The molecule has 3 N–H and O–H groups in total. The van der Waals surface area contributed by atoms with Gasteiger partial charge >= 0.3 is 0 Å². The van der Waals surface area contributed by atoms with Crippen molar-refractivity contribution in [2.45, 2.75) is 52.1 Å². The average Bonchev–Trinajstić information content (AvgIpc) is 2.03. The first kappa shape index (κ1) is 12.4. The van der Waals surface area contributed by atoms with E-state index in [4.69, 9.17) is 15.9 Å². The topological polar surface area (TPSA) is 59.1 Å². The Labute approximate surface area is 81.2 Å². The van der Waals surface area contributed by atoms with E-state index >= 15 is 0 Å². The second kappa shape index (κ2) is 5.97. The molecule has 0 amide bonds. The molecule has 0 aromatic rings. The Morgan fingerprint density at radius 3 is 2.46 bits per heavy atom. The zero-order valence-corrected chi connectivity index (χ0v) is 9.02. The number of hydrogen-bond acceptors (Lipinski definition) is 2. The summed E-state index contributed by atoms with van der Waals surface area (Å²) < 4.78 is 5.65. The highest BCUT2D eigenvalue weighted by Crippen LogP contribution is 2.14. The lowest BCUT2D eigenvalue weighted by Crippen LogP contribution is -2.23. The molecule has 0 saturated carbocycles. The van der Waals surface area contributed by atoms with E-state index in [1.54, 1.807) is 0 Å². The van der Waals surface area contributed by atoms with Gasteiger partial charge in [0.2, 0.25) is 0 Å². The van der Waals surface area contributed by atoms with E-state index in [-0.39, 0.29) is 11.4 Å². The normalized spacial score (nSPS) is 11.6.